The Kier molecular flexibility index (Phi) is 8.85. The number of carbonyl (C=O) groups excluding carboxylic acids is 1. The molecule has 2 aliphatic heterocycles. The van der Waals surface area contributed by atoms with Crippen LogP contribution in [0.3, 0.4) is 0 Å². The number of ether oxygens (including phenoxy) is 1. The number of carbonyl (C=O) groups is 1. The van der Waals surface area contributed by atoms with Crippen LogP contribution in [0.4, 0.5) is 23.0 Å². The van der Waals surface area contributed by atoms with Crippen LogP contribution in [-0.4, -0.2) is 80.0 Å². The number of aromatic nitrogens is 2. The normalized spacial score (nSPS) is 16.3. The number of nitrogens with one attached hydrogen (secondary N) is 3. The van der Waals surface area contributed by atoms with Gasteiger partial charge in [-0.15, -0.1) is 0 Å². The molecule has 0 bridgehead atoms. The molecule has 1 aromatic heterocycles. The second-order valence-electron chi connectivity index (χ2n) is 11.0. The Morgan fingerprint density at radius 3 is 2.41 bits per heavy atom. The van der Waals surface area contributed by atoms with Gasteiger partial charge in [0, 0.05) is 30.9 Å². The van der Waals surface area contributed by atoms with Crippen molar-refractivity contribution in [3.63, 3.8) is 0 Å². The van der Waals surface area contributed by atoms with Crippen molar-refractivity contribution in [1.29, 1.82) is 0 Å². The fourth-order valence-corrected chi connectivity index (χ4v) is 6.75. The Hall–Kier alpha value is -3.97. The number of benzene rings is 3. The van der Waals surface area contributed by atoms with E-state index in [9.17, 15) is 13.2 Å². The smallest absolute Gasteiger partial charge is 0.263 e. The van der Waals surface area contributed by atoms with Crippen LogP contribution in [0.2, 0.25) is 5.02 Å². The molecule has 11 nitrogen and oxygen atoms in total. The Balaban J connectivity index is 1.17. The van der Waals surface area contributed by atoms with Crippen LogP contribution in [0, 0.1) is 0 Å². The highest BCUT2D eigenvalue weighted by Crippen LogP contribution is 2.33. The van der Waals surface area contributed by atoms with E-state index in [1.54, 1.807) is 48.5 Å². The zero-order valence-corrected chi connectivity index (χ0v) is 25.9. The first-order valence-corrected chi connectivity index (χ1v) is 16.4. The molecule has 3 heterocycles. The number of likely N-dealkylation sites (tertiary alicyclic amines) is 2. The van der Waals surface area contributed by atoms with Crippen LogP contribution in [0.15, 0.2) is 71.6 Å². The fraction of sp³-hybridized carbons (Fsp3) is 0.323. The molecular weight excluding hydrogens is 602 g/mol. The molecule has 230 valence electrons. The molecule has 3 aromatic carbocycles. The number of hydrogen-bond donors (Lipinski definition) is 3. The molecule has 0 saturated carbocycles. The summed E-state index contributed by atoms with van der Waals surface area (Å²) in [4.78, 5) is 26.5. The summed E-state index contributed by atoms with van der Waals surface area (Å²) in [6.07, 6.45) is 3.78. The summed E-state index contributed by atoms with van der Waals surface area (Å²) in [5.41, 5.74) is 1.91. The molecule has 0 aliphatic carbocycles. The lowest BCUT2D eigenvalue weighted by Crippen LogP contribution is -2.61. The van der Waals surface area contributed by atoms with E-state index in [1.165, 1.54) is 38.5 Å². The Morgan fingerprint density at radius 1 is 0.955 bits per heavy atom. The van der Waals surface area contributed by atoms with Crippen molar-refractivity contribution in [3.05, 3.63) is 71.8 Å². The number of methoxy groups -OCH3 is 1. The van der Waals surface area contributed by atoms with E-state index in [2.05, 4.69) is 35.1 Å². The lowest BCUT2D eigenvalue weighted by molar-refractivity contribution is -0.119. The minimum atomic E-state index is -4.13. The maximum absolute atomic E-state index is 13.6. The predicted octanol–water partition coefficient (Wildman–Crippen LogP) is 4.94. The number of nitrogens with zero attached hydrogens (tertiary/aromatic N) is 4. The molecule has 2 fully saturated rings. The second kappa shape index (κ2) is 12.9. The van der Waals surface area contributed by atoms with Crippen LogP contribution in [0.1, 0.15) is 19.3 Å². The van der Waals surface area contributed by atoms with Gasteiger partial charge in [-0.2, -0.15) is 0 Å². The number of anilines is 4. The van der Waals surface area contributed by atoms with Gasteiger partial charge < -0.3 is 15.4 Å². The number of halogens is 1. The number of sulfonamides is 1. The average Bonchev–Trinajstić information content (AvgIpc) is 3.00. The quantitative estimate of drug-likeness (QED) is 0.222. The van der Waals surface area contributed by atoms with Crippen molar-refractivity contribution < 1.29 is 17.9 Å². The fourth-order valence-electron chi connectivity index (χ4n) is 5.53. The summed E-state index contributed by atoms with van der Waals surface area (Å²) < 4.78 is 35.0. The van der Waals surface area contributed by atoms with Gasteiger partial charge in [-0.1, -0.05) is 36.2 Å². The van der Waals surface area contributed by atoms with E-state index in [4.69, 9.17) is 16.3 Å². The van der Waals surface area contributed by atoms with E-state index >= 15 is 0 Å². The van der Waals surface area contributed by atoms with Gasteiger partial charge >= 0.3 is 0 Å². The average molecular weight is 636 g/mol. The summed E-state index contributed by atoms with van der Waals surface area (Å²) in [5.74, 6) is 0.511. The van der Waals surface area contributed by atoms with Crippen molar-refractivity contribution in [2.45, 2.75) is 30.2 Å². The molecule has 0 radical (unpaired) electrons. The van der Waals surface area contributed by atoms with Gasteiger partial charge in [0.2, 0.25) is 5.91 Å². The topological polar surface area (TPSA) is 129 Å². The second-order valence-corrected chi connectivity index (χ2v) is 13.1. The predicted molar refractivity (Wildman–Crippen MR) is 172 cm³/mol. The highest BCUT2D eigenvalue weighted by molar-refractivity contribution is 7.92. The highest BCUT2D eigenvalue weighted by Gasteiger charge is 2.33. The van der Waals surface area contributed by atoms with E-state index in [0.717, 1.165) is 26.2 Å². The van der Waals surface area contributed by atoms with Gasteiger partial charge in [0.15, 0.2) is 11.6 Å². The Morgan fingerprint density at radius 2 is 1.68 bits per heavy atom. The van der Waals surface area contributed by atoms with E-state index in [0.29, 0.717) is 39.2 Å². The molecular formula is C31H34ClN7O4S. The van der Waals surface area contributed by atoms with Crippen LogP contribution < -0.4 is 20.1 Å². The molecule has 4 aromatic rings. The number of amides is 1. The Bertz CT molecular complexity index is 1780. The highest BCUT2D eigenvalue weighted by atomic mass is 35.5. The van der Waals surface area contributed by atoms with Crippen LogP contribution in [0.25, 0.3) is 11.0 Å². The third-order valence-electron chi connectivity index (χ3n) is 7.87. The molecule has 2 saturated heterocycles. The zero-order valence-electron chi connectivity index (χ0n) is 24.3. The van der Waals surface area contributed by atoms with Gasteiger partial charge in [-0.05, 0) is 68.4 Å². The first kappa shape index (κ1) is 30.1. The third-order valence-corrected chi connectivity index (χ3v) is 9.53. The number of fused-ring (bicyclic) bond motifs is 1. The van der Waals surface area contributed by atoms with Crippen molar-refractivity contribution in [2.24, 2.45) is 0 Å². The monoisotopic (exact) mass is 635 g/mol. The summed E-state index contributed by atoms with van der Waals surface area (Å²) in [5, 5.41) is 6.33. The number of rotatable bonds is 10. The molecule has 13 heteroatoms. The maximum atomic E-state index is 13.6. The molecule has 1 amide bonds. The number of para-hydroxylation sites is 2. The lowest BCUT2D eigenvalue weighted by atomic mass is 10.0. The zero-order chi connectivity index (χ0) is 30.7. The summed E-state index contributed by atoms with van der Waals surface area (Å²) >= 11 is 6.40. The molecule has 44 heavy (non-hydrogen) atoms. The first-order valence-electron chi connectivity index (χ1n) is 14.5. The van der Waals surface area contributed by atoms with Gasteiger partial charge in [0.25, 0.3) is 10.0 Å². The minimum Gasteiger partial charge on any atom is -0.497 e. The number of hydrogen-bond acceptors (Lipinski definition) is 9. The van der Waals surface area contributed by atoms with Gasteiger partial charge in [-0.3, -0.25) is 19.3 Å². The van der Waals surface area contributed by atoms with Gasteiger partial charge in [0.05, 0.1) is 40.3 Å². The SMILES string of the molecule is COc1ccc(Cl)c(Nc2nc3ccccc3nc2NS(=O)(=O)c2cccc(NC(=O)CN3CC(N4CCCCC4)C3)c2)c1. The van der Waals surface area contributed by atoms with Crippen molar-refractivity contribution in [1.82, 2.24) is 19.8 Å². The van der Waals surface area contributed by atoms with Crippen molar-refractivity contribution in [3.8, 4) is 5.75 Å². The van der Waals surface area contributed by atoms with Crippen molar-refractivity contribution >= 4 is 61.6 Å². The van der Waals surface area contributed by atoms with Gasteiger partial charge in [0.1, 0.15) is 5.75 Å². The number of piperidine rings is 1. The third kappa shape index (κ3) is 6.88. The largest absolute Gasteiger partial charge is 0.497 e. The molecule has 2 aliphatic rings. The first-order chi connectivity index (χ1) is 21.3. The molecule has 6 rings (SSSR count). The molecule has 0 atom stereocenters. The minimum absolute atomic E-state index is 0.0157. The van der Waals surface area contributed by atoms with Crippen molar-refractivity contribution in [2.75, 3.05) is 55.2 Å². The van der Waals surface area contributed by atoms with E-state index < -0.39 is 10.0 Å². The van der Waals surface area contributed by atoms with Gasteiger partial charge in [-0.25, -0.2) is 18.4 Å². The standard InChI is InChI=1S/C31H34ClN7O4S/c1-43-23-12-13-25(32)28(17-23)36-30-31(35-27-11-4-3-10-26(27)34-30)37-44(41,42)24-9-7-8-21(16-24)33-29(40)20-38-18-22(19-38)39-14-5-2-6-15-39/h3-4,7-13,16-17,22H,2,5-6,14-15,18-20H2,1H3,(H,33,40)(H,34,36)(H,35,37). The van der Waals surface area contributed by atoms with Crippen LogP contribution in [0.5, 0.6) is 5.75 Å². The van der Waals surface area contributed by atoms with Crippen LogP contribution in [-0.2, 0) is 14.8 Å². The molecule has 3 N–H and O–H groups in total. The molecule has 0 spiro atoms. The van der Waals surface area contributed by atoms with E-state index in [-0.39, 0.29) is 29.0 Å². The summed E-state index contributed by atoms with van der Waals surface area (Å²) in [6.45, 7) is 4.27. The molecule has 0 unspecified atom stereocenters. The summed E-state index contributed by atoms with van der Waals surface area (Å²) in [6, 6.07) is 18.8. The van der Waals surface area contributed by atoms with Crippen LogP contribution >= 0.6 is 11.6 Å². The maximum Gasteiger partial charge on any atom is 0.263 e. The summed E-state index contributed by atoms with van der Waals surface area (Å²) in [7, 11) is -2.59. The van der Waals surface area contributed by atoms with E-state index in [1.807, 2.05) is 6.07 Å². The Labute approximate surface area is 261 Å². The lowest BCUT2D eigenvalue weighted by Gasteiger charge is -2.46.